The Bertz CT molecular complexity index is 504. The second-order valence-corrected chi connectivity index (χ2v) is 7.07. The highest BCUT2D eigenvalue weighted by Gasteiger charge is 2.74. The molecular formula is C15H24FN. The standard InChI is InChI=1S/C15H24FN/c1-11(2)7-15-9-13(8-12(13)16)10-17(15)6-5-14(15)3-4-14/h11-12H,3-10H2,1-2H3/t12-,13-,15+/m0/s1/i6D2,7D2. The van der Waals surface area contributed by atoms with Crippen LogP contribution in [0.15, 0.2) is 0 Å². The topological polar surface area (TPSA) is 3.24 Å². The Morgan fingerprint density at radius 1 is 1.47 bits per heavy atom. The molecule has 3 atom stereocenters. The maximum Gasteiger partial charge on any atom is 0.108 e. The second kappa shape index (κ2) is 2.89. The molecule has 2 saturated heterocycles. The molecule has 17 heavy (non-hydrogen) atoms. The lowest BCUT2D eigenvalue weighted by molar-refractivity contribution is 0.107. The van der Waals surface area contributed by atoms with Gasteiger partial charge in [-0.1, -0.05) is 13.8 Å². The van der Waals surface area contributed by atoms with Gasteiger partial charge in [-0.3, -0.25) is 4.90 Å². The Labute approximate surface area is 109 Å². The van der Waals surface area contributed by atoms with Crippen molar-refractivity contribution < 1.29 is 9.87 Å². The predicted octanol–water partition coefficient (Wildman–Crippen LogP) is 3.39. The molecule has 4 aliphatic rings. The van der Waals surface area contributed by atoms with Crippen LogP contribution in [0.4, 0.5) is 4.39 Å². The fourth-order valence-corrected chi connectivity index (χ4v) is 4.31. The molecule has 0 aromatic rings. The maximum absolute atomic E-state index is 14.0. The van der Waals surface area contributed by atoms with E-state index in [4.69, 9.17) is 5.48 Å². The first-order valence-corrected chi connectivity index (χ1v) is 6.95. The lowest BCUT2D eigenvalue weighted by Crippen LogP contribution is -2.45. The SMILES string of the molecule is [2H]C1([2H])CC2(CC2)[C@@]2(C([2H])([2H])C(C)C)C[C@@]3(C[C@@H]3F)CN12. The van der Waals surface area contributed by atoms with Crippen molar-refractivity contribution in [1.82, 2.24) is 4.90 Å². The largest absolute Gasteiger partial charge is 0.296 e. The van der Waals surface area contributed by atoms with Crippen LogP contribution in [0.3, 0.4) is 0 Å². The van der Waals surface area contributed by atoms with Crippen molar-refractivity contribution in [2.24, 2.45) is 16.7 Å². The van der Waals surface area contributed by atoms with Crippen LogP contribution < -0.4 is 0 Å². The normalized spacial score (nSPS) is 57.8. The summed E-state index contributed by atoms with van der Waals surface area (Å²) in [5.74, 6) is -0.196. The smallest absolute Gasteiger partial charge is 0.108 e. The molecule has 2 saturated carbocycles. The van der Waals surface area contributed by atoms with E-state index < -0.39 is 30.0 Å². The lowest BCUT2D eigenvalue weighted by atomic mass is 9.72. The van der Waals surface area contributed by atoms with E-state index in [0.29, 0.717) is 25.8 Å². The fourth-order valence-electron chi connectivity index (χ4n) is 4.31. The van der Waals surface area contributed by atoms with Gasteiger partial charge in [-0.2, -0.15) is 0 Å². The third kappa shape index (κ3) is 1.18. The number of nitrogens with zero attached hydrogens (tertiary/aromatic N) is 1. The van der Waals surface area contributed by atoms with E-state index in [9.17, 15) is 4.39 Å². The summed E-state index contributed by atoms with van der Waals surface area (Å²) in [7, 11) is 0. The molecule has 0 bridgehead atoms. The molecule has 0 radical (unpaired) electrons. The highest BCUT2D eigenvalue weighted by Crippen LogP contribution is 2.73. The second-order valence-electron chi connectivity index (χ2n) is 7.07. The molecule has 0 aromatic carbocycles. The van der Waals surface area contributed by atoms with Crippen LogP contribution in [0.5, 0.6) is 0 Å². The predicted molar refractivity (Wildman–Crippen MR) is 66.6 cm³/mol. The van der Waals surface area contributed by atoms with Crippen LogP contribution >= 0.6 is 0 Å². The quantitative estimate of drug-likeness (QED) is 0.716. The van der Waals surface area contributed by atoms with Crippen LogP contribution in [0.2, 0.25) is 0 Å². The first-order chi connectivity index (χ1) is 9.53. The Morgan fingerprint density at radius 3 is 2.71 bits per heavy atom. The molecule has 96 valence electrons. The van der Waals surface area contributed by atoms with Crippen molar-refractivity contribution in [3.8, 4) is 0 Å². The zero-order valence-electron chi connectivity index (χ0n) is 14.7. The molecule has 2 aliphatic heterocycles. The minimum absolute atomic E-state index is 0.196. The van der Waals surface area contributed by atoms with E-state index in [2.05, 4.69) is 0 Å². The van der Waals surface area contributed by atoms with Crippen LogP contribution in [0.25, 0.3) is 0 Å². The molecule has 0 amide bonds. The molecular weight excluding hydrogens is 213 g/mol. The summed E-state index contributed by atoms with van der Waals surface area (Å²) < 4.78 is 48.4. The van der Waals surface area contributed by atoms with Gasteiger partial charge in [0.25, 0.3) is 0 Å². The third-order valence-corrected chi connectivity index (χ3v) is 5.50. The van der Waals surface area contributed by atoms with Gasteiger partial charge in [0.1, 0.15) is 6.17 Å². The van der Waals surface area contributed by atoms with Gasteiger partial charge in [0, 0.05) is 23.0 Å². The molecule has 2 heterocycles. The molecule has 0 aromatic heterocycles. The number of rotatable bonds is 2. The molecule has 2 aliphatic carbocycles. The molecule has 0 unspecified atom stereocenters. The summed E-state index contributed by atoms with van der Waals surface area (Å²) in [6.45, 7) is 2.66. The van der Waals surface area contributed by atoms with Crippen molar-refractivity contribution in [2.75, 3.05) is 13.0 Å². The Hall–Kier alpha value is -0.110. The molecule has 4 fully saturated rings. The van der Waals surface area contributed by atoms with E-state index in [1.165, 1.54) is 0 Å². The van der Waals surface area contributed by atoms with Gasteiger partial charge in [0.2, 0.25) is 0 Å². The van der Waals surface area contributed by atoms with Crippen molar-refractivity contribution in [1.29, 1.82) is 0 Å². The van der Waals surface area contributed by atoms with E-state index in [1.54, 1.807) is 4.90 Å². The van der Waals surface area contributed by atoms with Crippen molar-refractivity contribution in [3.05, 3.63) is 0 Å². The summed E-state index contributed by atoms with van der Waals surface area (Å²) in [6, 6.07) is 0. The van der Waals surface area contributed by atoms with Gasteiger partial charge in [-0.15, -0.1) is 0 Å². The van der Waals surface area contributed by atoms with Crippen LogP contribution in [-0.4, -0.2) is 29.7 Å². The van der Waals surface area contributed by atoms with Crippen LogP contribution in [0.1, 0.15) is 57.8 Å². The Morgan fingerprint density at radius 2 is 2.18 bits per heavy atom. The maximum atomic E-state index is 14.0. The summed E-state index contributed by atoms with van der Waals surface area (Å²) in [5, 5.41) is 0. The highest BCUT2D eigenvalue weighted by atomic mass is 19.1. The average molecular weight is 241 g/mol. The van der Waals surface area contributed by atoms with Gasteiger partial charge >= 0.3 is 0 Å². The first-order valence-electron chi connectivity index (χ1n) is 8.95. The zero-order chi connectivity index (χ0) is 15.5. The molecule has 2 heteroatoms. The minimum atomic E-state index is -1.50. The number of fused-ring (bicyclic) bond motifs is 2. The first kappa shape index (κ1) is 7.47. The van der Waals surface area contributed by atoms with Gasteiger partial charge < -0.3 is 0 Å². The van der Waals surface area contributed by atoms with E-state index >= 15 is 0 Å². The lowest BCUT2D eigenvalue weighted by Gasteiger charge is -2.39. The summed E-state index contributed by atoms with van der Waals surface area (Å²) in [5.41, 5.74) is -1.54. The third-order valence-electron chi connectivity index (χ3n) is 5.50. The molecule has 4 rings (SSSR count). The molecule has 2 spiro atoms. The zero-order valence-corrected chi connectivity index (χ0v) is 10.7. The Kier molecular flexibility index (Phi) is 1.27. The van der Waals surface area contributed by atoms with Gasteiger partial charge in [0.15, 0.2) is 0 Å². The van der Waals surface area contributed by atoms with E-state index in [1.807, 2.05) is 13.8 Å². The van der Waals surface area contributed by atoms with Crippen molar-refractivity contribution in [2.45, 2.75) is 64.0 Å². The fraction of sp³-hybridized carbons (Fsp3) is 1.00. The summed E-state index contributed by atoms with van der Waals surface area (Å²) >= 11 is 0. The van der Waals surface area contributed by atoms with Gasteiger partial charge in [0.05, 0.1) is 0 Å². The number of hydrogen-bond acceptors (Lipinski definition) is 1. The molecule has 1 nitrogen and oxygen atoms in total. The van der Waals surface area contributed by atoms with Gasteiger partial charge in [-0.25, -0.2) is 4.39 Å². The summed E-state index contributed by atoms with van der Waals surface area (Å²) in [6.07, 6.45) is 0.843. The number of halogens is 1. The highest BCUT2D eigenvalue weighted by molar-refractivity contribution is 5.27. The van der Waals surface area contributed by atoms with E-state index in [-0.39, 0.29) is 11.3 Å². The van der Waals surface area contributed by atoms with Crippen molar-refractivity contribution >= 4 is 0 Å². The number of hydrogen-bond donors (Lipinski definition) is 0. The average Bonchev–Trinajstić information content (AvgIpc) is 3.16. The van der Waals surface area contributed by atoms with Crippen LogP contribution in [-0.2, 0) is 0 Å². The van der Waals surface area contributed by atoms with Crippen LogP contribution in [0, 0.1) is 16.7 Å². The molecule has 0 N–H and O–H groups in total. The monoisotopic (exact) mass is 241 g/mol. The Balaban J connectivity index is 1.87. The van der Waals surface area contributed by atoms with Crippen molar-refractivity contribution in [3.63, 3.8) is 0 Å². The van der Waals surface area contributed by atoms with Gasteiger partial charge in [-0.05, 0) is 56.3 Å². The minimum Gasteiger partial charge on any atom is -0.296 e. The van der Waals surface area contributed by atoms with E-state index in [0.717, 1.165) is 12.8 Å². The summed E-state index contributed by atoms with van der Waals surface area (Å²) in [4.78, 5) is 1.76. The number of alkyl halides is 1.